The van der Waals surface area contributed by atoms with E-state index in [1.54, 1.807) is 0 Å². The van der Waals surface area contributed by atoms with Crippen LogP contribution in [0.15, 0.2) is 0 Å². The van der Waals surface area contributed by atoms with Gasteiger partial charge in [0.05, 0.1) is 6.61 Å². The first-order valence-electron chi connectivity index (χ1n) is 5.10. The second-order valence-corrected chi connectivity index (χ2v) is 2.94. The molecule has 0 aromatic heterocycles. The lowest BCUT2D eigenvalue weighted by Gasteiger charge is -2.06. The van der Waals surface area contributed by atoms with Gasteiger partial charge in [0.1, 0.15) is 0 Å². The lowest BCUT2D eigenvalue weighted by Crippen LogP contribution is -2.36. The van der Waals surface area contributed by atoms with E-state index in [1.807, 2.05) is 6.92 Å². The van der Waals surface area contributed by atoms with Crippen molar-refractivity contribution in [3.8, 4) is 0 Å². The lowest BCUT2D eigenvalue weighted by atomic mass is 10.4. The minimum atomic E-state index is -0.106. The van der Waals surface area contributed by atoms with Crippen LogP contribution in [0.1, 0.15) is 19.8 Å². The van der Waals surface area contributed by atoms with Crippen LogP contribution in [-0.2, 0) is 4.74 Å². The van der Waals surface area contributed by atoms with Gasteiger partial charge in [0.2, 0.25) is 0 Å². The maximum atomic E-state index is 11.0. The van der Waals surface area contributed by atoms with E-state index in [4.69, 9.17) is 10.5 Å². The number of hydrogen-bond acceptors (Lipinski definition) is 3. The summed E-state index contributed by atoms with van der Waals surface area (Å²) in [5.74, 6) is 0. The Labute approximate surface area is 85.4 Å². The molecule has 0 aromatic rings. The highest BCUT2D eigenvalue weighted by atomic mass is 16.5. The number of hydrogen-bond donors (Lipinski definition) is 3. The Morgan fingerprint density at radius 3 is 2.64 bits per heavy atom. The van der Waals surface area contributed by atoms with Gasteiger partial charge >= 0.3 is 6.03 Å². The predicted molar refractivity (Wildman–Crippen MR) is 56.2 cm³/mol. The quantitative estimate of drug-likeness (QED) is 0.488. The number of amides is 2. The molecule has 0 aromatic carbocycles. The first-order chi connectivity index (χ1) is 6.81. The molecule has 0 aliphatic rings. The van der Waals surface area contributed by atoms with Crippen LogP contribution in [0.25, 0.3) is 0 Å². The second kappa shape index (κ2) is 10.3. The summed E-state index contributed by atoms with van der Waals surface area (Å²) in [7, 11) is 0. The molecule has 0 saturated heterocycles. The molecule has 5 heteroatoms. The zero-order chi connectivity index (χ0) is 10.6. The summed E-state index contributed by atoms with van der Waals surface area (Å²) in [5, 5.41) is 5.46. The van der Waals surface area contributed by atoms with Gasteiger partial charge in [0.15, 0.2) is 0 Å². The van der Waals surface area contributed by atoms with Gasteiger partial charge in [-0.1, -0.05) is 6.92 Å². The molecule has 0 aliphatic heterocycles. The smallest absolute Gasteiger partial charge is 0.314 e. The van der Waals surface area contributed by atoms with E-state index in [0.717, 1.165) is 19.4 Å². The van der Waals surface area contributed by atoms with Crippen LogP contribution >= 0.6 is 0 Å². The number of urea groups is 1. The second-order valence-electron chi connectivity index (χ2n) is 2.94. The van der Waals surface area contributed by atoms with Crippen LogP contribution in [-0.4, -0.2) is 38.9 Å². The van der Waals surface area contributed by atoms with Gasteiger partial charge in [-0.3, -0.25) is 0 Å². The third-order valence-electron chi connectivity index (χ3n) is 1.55. The van der Waals surface area contributed by atoms with Crippen LogP contribution < -0.4 is 16.4 Å². The maximum Gasteiger partial charge on any atom is 0.314 e. The largest absolute Gasteiger partial charge is 0.380 e. The summed E-state index contributed by atoms with van der Waals surface area (Å²) in [6, 6.07) is -0.106. The van der Waals surface area contributed by atoms with Gasteiger partial charge in [-0.15, -0.1) is 0 Å². The van der Waals surface area contributed by atoms with Crippen molar-refractivity contribution in [2.24, 2.45) is 5.73 Å². The van der Waals surface area contributed by atoms with Crippen molar-refractivity contribution in [3.63, 3.8) is 0 Å². The molecule has 0 fully saturated rings. The fraction of sp³-hybridized carbons (Fsp3) is 0.889. The number of carbonyl (C=O) groups excluding carboxylic acids is 1. The van der Waals surface area contributed by atoms with Crippen molar-refractivity contribution < 1.29 is 9.53 Å². The monoisotopic (exact) mass is 203 g/mol. The molecular formula is C9H21N3O2. The van der Waals surface area contributed by atoms with E-state index in [9.17, 15) is 4.79 Å². The number of rotatable bonds is 8. The fourth-order valence-electron chi connectivity index (χ4n) is 0.863. The molecule has 4 N–H and O–H groups in total. The molecule has 2 amide bonds. The molecule has 0 spiro atoms. The fourth-order valence-corrected chi connectivity index (χ4v) is 0.863. The topological polar surface area (TPSA) is 76.4 Å². The molecular weight excluding hydrogens is 182 g/mol. The molecule has 5 nitrogen and oxygen atoms in total. The number of nitrogens with one attached hydrogen (secondary N) is 2. The molecule has 84 valence electrons. The van der Waals surface area contributed by atoms with Crippen molar-refractivity contribution in [1.82, 2.24) is 10.6 Å². The summed E-state index contributed by atoms with van der Waals surface area (Å²) in [5.41, 5.74) is 5.24. The van der Waals surface area contributed by atoms with Crippen LogP contribution in [0.3, 0.4) is 0 Å². The highest BCUT2D eigenvalue weighted by Crippen LogP contribution is 1.80. The van der Waals surface area contributed by atoms with E-state index in [-0.39, 0.29) is 6.03 Å². The van der Waals surface area contributed by atoms with E-state index < -0.39 is 0 Å². The molecule has 14 heavy (non-hydrogen) atoms. The first-order valence-corrected chi connectivity index (χ1v) is 5.10. The molecule has 0 bridgehead atoms. The van der Waals surface area contributed by atoms with Gasteiger partial charge in [-0.2, -0.15) is 0 Å². The highest BCUT2D eigenvalue weighted by Gasteiger charge is 1.96. The van der Waals surface area contributed by atoms with E-state index in [2.05, 4.69) is 10.6 Å². The first kappa shape index (κ1) is 13.2. The Morgan fingerprint density at radius 1 is 1.29 bits per heavy atom. The molecule has 0 radical (unpaired) electrons. The van der Waals surface area contributed by atoms with Gasteiger partial charge in [-0.25, -0.2) is 4.79 Å². The molecule has 0 heterocycles. The van der Waals surface area contributed by atoms with Gasteiger partial charge in [-0.05, 0) is 12.8 Å². The molecule has 0 atom stereocenters. The third-order valence-corrected chi connectivity index (χ3v) is 1.55. The Morgan fingerprint density at radius 2 is 2.00 bits per heavy atom. The Hall–Kier alpha value is -0.810. The highest BCUT2D eigenvalue weighted by molar-refractivity contribution is 5.73. The molecule has 0 saturated carbocycles. The number of nitrogens with two attached hydrogens (primary N) is 1. The summed E-state index contributed by atoms with van der Waals surface area (Å²) in [4.78, 5) is 11.0. The van der Waals surface area contributed by atoms with Gasteiger partial charge < -0.3 is 21.1 Å². The van der Waals surface area contributed by atoms with Crippen LogP contribution in [0.4, 0.5) is 4.79 Å². The summed E-state index contributed by atoms with van der Waals surface area (Å²) in [6.45, 7) is 5.15. The zero-order valence-corrected chi connectivity index (χ0v) is 8.84. The Bertz CT molecular complexity index is 142. The number of carbonyl (C=O) groups is 1. The van der Waals surface area contributed by atoms with Crippen molar-refractivity contribution in [2.45, 2.75) is 19.8 Å². The minimum absolute atomic E-state index is 0.106. The Kier molecular flexibility index (Phi) is 9.68. The van der Waals surface area contributed by atoms with Crippen molar-refractivity contribution in [2.75, 3.05) is 32.8 Å². The molecule has 0 rings (SSSR count). The van der Waals surface area contributed by atoms with E-state index >= 15 is 0 Å². The summed E-state index contributed by atoms with van der Waals surface area (Å²) >= 11 is 0. The van der Waals surface area contributed by atoms with E-state index in [0.29, 0.717) is 26.3 Å². The van der Waals surface area contributed by atoms with Gasteiger partial charge in [0.25, 0.3) is 0 Å². The maximum absolute atomic E-state index is 11.0. The summed E-state index contributed by atoms with van der Waals surface area (Å²) in [6.07, 6.45) is 1.77. The van der Waals surface area contributed by atoms with E-state index in [1.165, 1.54) is 0 Å². The predicted octanol–water partition coefficient (Wildman–Crippen LogP) is 0.0610. The minimum Gasteiger partial charge on any atom is -0.380 e. The van der Waals surface area contributed by atoms with Crippen LogP contribution in [0, 0.1) is 0 Å². The lowest BCUT2D eigenvalue weighted by molar-refractivity contribution is 0.139. The molecule has 0 unspecified atom stereocenters. The van der Waals surface area contributed by atoms with Gasteiger partial charge in [0, 0.05) is 26.2 Å². The normalized spacial score (nSPS) is 9.86. The SMILES string of the molecule is CCCNC(=O)NCCCOCCN. The standard InChI is InChI=1S/C9H21N3O2/c1-2-5-11-9(13)12-6-3-7-14-8-4-10/h2-8,10H2,1H3,(H2,11,12,13). The average molecular weight is 203 g/mol. The van der Waals surface area contributed by atoms with Crippen molar-refractivity contribution in [3.05, 3.63) is 0 Å². The molecule has 0 aliphatic carbocycles. The van der Waals surface area contributed by atoms with Crippen LogP contribution in [0.2, 0.25) is 0 Å². The van der Waals surface area contributed by atoms with Crippen molar-refractivity contribution in [1.29, 1.82) is 0 Å². The third kappa shape index (κ3) is 9.28. The summed E-state index contributed by atoms with van der Waals surface area (Å²) < 4.78 is 5.15. The average Bonchev–Trinajstić information content (AvgIpc) is 2.20. The van der Waals surface area contributed by atoms with Crippen molar-refractivity contribution >= 4 is 6.03 Å². The van der Waals surface area contributed by atoms with Crippen LogP contribution in [0.5, 0.6) is 0 Å². The Balaban J connectivity index is 3.07. The zero-order valence-electron chi connectivity index (χ0n) is 8.84. The number of ether oxygens (including phenoxy) is 1.